The van der Waals surface area contributed by atoms with Crippen LogP contribution in [0.2, 0.25) is 0 Å². The van der Waals surface area contributed by atoms with Gasteiger partial charge in [-0.2, -0.15) is 18.0 Å². The summed E-state index contributed by atoms with van der Waals surface area (Å²) in [4.78, 5) is 24.5. The Morgan fingerprint density at radius 3 is 2.33 bits per heavy atom. The number of benzene rings is 1. The molecule has 0 bridgehead atoms. The van der Waals surface area contributed by atoms with E-state index < -0.39 is 23.4 Å². The van der Waals surface area contributed by atoms with Crippen LogP contribution in [0.5, 0.6) is 0 Å². The SMILES string of the molecule is Cn1nnc(-c2nc(-c3ccc(C(F)(F)F)cc3)nc3c2CCN(C(=O)OC(C)(C)C)C3)n1. The second kappa shape index (κ2) is 8.09. The molecule has 1 aliphatic heterocycles. The van der Waals surface area contributed by atoms with Gasteiger partial charge in [0.2, 0.25) is 5.82 Å². The second-order valence-corrected chi connectivity index (χ2v) is 8.65. The molecular formula is C21H22F3N7O2. The maximum absolute atomic E-state index is 13.0. The van der Waals surface area contributed by atoms with E-state index in [4.69, 9.17) is 4.74 Å². The summed E-state index contributed by atoms with van der Waals surface area (Å²) in [5.74, 6) is 0.478. The number of alkyl halides is 3. The number of amides is 1. The minimum absolute atomic E-state index is 0.160. The second-order valence-electron chi connectivity index (χ2n) is 8.65. The summed E-state index contributed by atoms with van der Waals surface area (Å²) in [6.07, 6.45) is -4.48. The van der Waals surface area contributed by atoms with E-state index >= 15 is 0 Å². The molecule has 0 aliphatic carbocycles. The Kier molecular flexibility index (Phi) is 5.54. The molecule has 0 radical (unpaired) electrons. The third-order valence-corrected chi connectivity index (χ3v) is 4.91. The standard InChI is InChI=1S/C21H22F3N7O2/c1-20(2,3)33-19(32)31-10-9-14-15(11-31)25-17(26-16(14)18-27-29-30(4)28-18)12-5-7-13(8-6-12)21(22,23)24/h5-8H,9-11H2,1-4H3. The number of nitrogens with zero attached hydrogens (tertiary/aromatic N) is 7. The molecule has 0 spiro atoms. The molecule has 0 N–H and O–H groups in total. The minimum Gasteiger partial charge on any atom is -0.444 e. The molecule has 12 heteroatoms. The molecule has 3 heterocycles. The lowest BCUT2D eigenvalue weighted by molar-refractivity contribution is -0.137. The highest BCUT2D eigenvalue weighted by Gasteiger charge is 2.32. The normalized spacial score (nSPS) is 14.2. The zero-order chi connectivity index (χ0) is 24.0. The fourth-order valence-electron chi connectivity index (χ4n) is 3.41. The van der Waals surface area contributed by atoms with Crippen molar-refractivity contribution in [1.29, 1.82) is 0 Å². The Morgan fingerprint density at radius 2 is 1.76 bits per heavy atom. The summed E-state index contributed by atoms with van der Waals surface area (Å²) in [7, 11) is 1.62. The Balaban J connectivity index is 1.75. The number of tetrazole rings is 1. The van der Waals surface area contributed by atoms with Gasteiger partial charge in [0.15, 0.2) is 5.82 Å². The van der Waals surface area contributed by atoms with Crippen LogP contribution >= 0.6 is 0 Å². The number of halogens is 3. The van der Waals surface area contributed by atoms with Crippen LogP contribution < -0.4 is 0 Å². The Bertz CT molecular complexity index is 1180. The first-order chi connectivity index (χ1) is 15.4. The lowest BCUT2D eigenvalue weighted by Crippen LogP contribution is -2.40. The smallest absolute Gasteiger partial charge is 0.416 e. The number of carbonyl (C=O) groups is 1. The highest BCUT2D eigenvalue weighted by molar-refractivity contribution is 5.70. The van der Waals surface area contributed by atoms with Gasteiger partial charge in [-0.3, -0.25) is 0 Å². The number of carbonyl (C=O) groups excluding carboxylic acids is 1. The molecule has 2 aromatic heterocycles. The van der Waals surface area contributed by atoms with Crippen LogP contribution in [0.25, 0.3) is 22.9 Å². The van der Waals surface area contributed by atoms with E-state index in [0.29, 0.717) is 29.9 Å². The lowest BCUT2D eigenvalue weighted by atomic mass is 10.0. The Labute approximate surface area is 187 Å². The molecule has 1 aromatic carbocycles. The Morgan fingerprint density at radius 1 is 1.06 bits per heavy atom. The molecular weight excluding hydrogens is 439 g/mol. The van der Waals surface area contributed by atoms with Gasteiger partial charge in [-0.15, -0.1) is 10.2 Å². The van der Waals surface area contributed by atoms with Gasteiger partial charge in [-0.1, -0.05) is 12.1 Å². The largest absolute Gasteiger partial charge is 0.444 e. The molecule has 0 saturated carbocycles. The summed E-state index contributed by atoms with van der Waals surface area (Å²) in [6.45, 7) is 5.90. The van der Waals surface area contributed by atoms with Crippen molar-refractivity contribution in [2.75, 3.05) is 6.54 Å². The molecule has 0 saturated heterocycles. The monoisotopic (exact) mass is 461 g/mol. The maximum Gasteiger partial charge on any atom is 0.416 e. The molecule has 0 fully saturated rings. The number of ether oxygens (including phenoxy) is 1. The summed E-state index contributed by atoms with van der Waals surface area (Å²) in [5.41, 5.74) is 0.731. The van der Waals surface area contributed by atoms with Gasteiger partial charge in [-0.05, 0) is 44.5 Å². The van der Waals surface area contributed by atoms with Crippen molar-refractivity contribution in [3.63, 3.8) is 0 Å². The highest BCUT2D eigenvalue weighted by Crippen LogP contribution is 2.32. The zero-order valence-corrected chi connectivity index (χ0v) is 18.5. The maximum atomic E-state index is 13.0. The summed E-state index contributed by atoms with van der Waals surface area (Å²) in [5, 5.41) is 12.1. The van der Waals surface area contributed by atoms with E-state index in [0.717, 1.165) is 17.7 Å². The first-order valence-corrected chi connectivity index (χ1v) is 10.2. The third-order valence-electron chi connectivity index (χ3n) is 4.91. The van der Waals surface area contributed by atoms with E-state index in [1.807, 2.05) is 0 Å². The average Bonchev–Trinajstić information content (AvgIpc) is 3.17. The minimum atomic E-state index is -4.45. The number of aryl methyl sites for hydroxylation is 1. The number of aromatic nitrogens is 6. The van der Waals surface area contributed by atoms with Crippen molar-refractivity contribution in [2.24, 2.45) is 7.05 Å². The van der Waals surface area contributed by atoms with E-state index in [1.54, 1.807) is 27.8 Å². The Hall–Kier alpha value is -3.57. The predicted molar refractivity (Wildman–Crippen MR) is 111 cm³/mol. The van der Waals surface area contributed by atoms with E-state index in [2.05, 4.69) is 25.4 Å². The van der Waals surface area contributed by atoms with Gasteiger partial charge >= 0.3 is 12.3 Å². The number of rotatable bonds is 2. The third kappa shape index (κ3) is 4.94. The van der Waals surface area contributed by atoms with E-state index in [-0.39, 0.29) is 18.2 Å². The molecule has 1 amide bonds. The summed E-state index contributed by atoms with van der Waals surface area (Å²) >= 11 is 0. The molecule has 0 atom stereocenters. The van der Waals surface area contributed by atoms with Crippen molar-refractivity contribution in [1.82, 2.24) is 35.1 Å². The average molecular weight is 461 g/mol. The first kappa shape index (κ1) is 22.6. The zero-order valence-electron chi connectivity index (χ0n) is 18.5. The molecule has 0 unspecified atom stereocenters. The van der Waals surface area contributed by atoms with E-state index in [1.165, 1.54) is 21.8 Å². The van der Waals surface area contributed by atoms with Gasteiger partial charge in [0.05, 0.1) is 24.8 Å². The molecule has 33 heavy (non-hydrogen) atoms. The van der Waals surface area contributed by atoms with Crippen molar-refractivity contribution in [3.05, 3.63) is 41.1 Å². The van der Waals surface area contributed by atoms with Crippen molar-refractivity contribution in [2.45, 2.75) is 45.5 Å². The first-order valence-electron chi connectivity index (χ1n) is 10.2. The molecule has 4 rings (SSSR count). The van der Waals surface area contributed by atoms with Crippen LogP contribution in [0, 0.1) is 0 Å². The fraction of sp³-hybridized carbons (Fsp3) is 0.429. The van der Waals surface area contributed by atoms with Crippen LogP contribution in [0.4, 0.5) is 18.0 Å². The lowest BCUT2D eigenvalue weighted by Gasteiger charge is -2.31. The van der Waals surface area contributed by atoms with Gasteiger partial charge in [0, 0.05) is 17.7 Å². The van der Waals surface area contributed by atoms with Gasteiger partial charge in [0.25, 0.3) is 0 Å². The molecule has 1 aliphatic rings. The van der Waals surface area contributed by atoms with E-state index in [9.17, 15) is 18.0 Å². The van der Waals surface area contributed by atoms with Crippen molar-refractivity contribution < 1.29 is 22.7 Å². The highest BCUT2D eigenvalue weighted by atomic mass is 19.4. The van der Waals surface area contributed by atoms with Crippen molar-refractivity contribution >= 4 is 6.09 Å². The number of hydrogen-bond donors (Lipinski definition) is 0. The van der Waals surface area contributed by atoms with Crippen LogP contribution in [0.3, 0.4) is 0 Å². The van der Waals surface area contributed by atoms with Crippen LogP contribution in [-0.4, -0.2) is 53.3 Å². The van der Waals surface area contributed by atoms with Crippen LogP contribution in [-0.2, 0) is 30.9 Å². The molecule has 174 valence electrons. The molecule has 9 nitrogen and oxygen atoms in total. The number of hydrogen-bond acceptors (Lipinski definition) is 7. The topological polar surface area (TPSA) is 98.9 Å². The summed E-state index contributed by atoms with van der Waals surface area (Å²) < 4.78 is 44.4. The molecule has 3 aromatic rings. The van der Waals surface area contributed by atoms with Gasteiger partial charge in [-0.25, -0.2) is 14.8 Å². The predicted octanol–water partition coefficient (Wildman–Crippen LogP) is 3.65. The number of fused-ring (bicyclic) bond motifs is 1. The van der Waals surface area contributed by atoms with Gasteiger partial charge in [0.1, 0.15) is 11.3 Å². The summed E-state index contributed by atoms with van der Waals surface area (Å²) in [6, 6.07) is 4.58. The van der Waals surface area contributed by atoms with Crippen LogP contribution in [0.15, 0.2) is 24.3 Å². The van der Waals surface area contributed by atoms with Gasteiger partial charge < -0.3 is 9.64 Å². The van der Waals surface area contributed by atoms with Crippen LogP contribution in [0.1, 0.15) is 37.6 Å². The fourth-order valence-corrected chi connectivity index (χ4v) is 3.41. The van der Waals surface area contributed by atoms with Crippen molar-refractivity contribution in [3.8, 4) is 22.9 Å². The quantitative estimate of drug-likeness (QED) is 0.574.